The molecule has 28 heavy (non-hydrogen) atoms. The SMILES string of the molecule is COc1ccc(N(Cc2ccccc2Cl)S(=O)(=O)c2ccc(C)c(F)c2)cc1. The van der Waals surface area contributed by atoms with Gasteiger partial charge in [0.2, 0.25) is 0 Å². The molecule has 0 amide bonds. The number of benzene rings is 3. The van der Waals surface area contributed by atoms with E-state index in [-0.39, 0.29) is 11.4 Å². The summed E-state index contributed by atoms with van der Waals surface area (Å²) in [6, 6.07) is 17.5. The van der Waals surface area contributed by atoms with Crippen LogP contribution >= 0.6 is 11.6 Å². The zero-order chi connectivity index (χ0) is 20.3. The van der Waals surface area contributed by atoms with Crippen LogP contribution in [0.25, 0.3) is 0 Å². The smallest absolute Gasteiger partial charge is 0.264 e. The number of hydrogen-bond donors (Lipinski definition) is 0. The number of rotatable bonds is 6. The molecule has 0 saturated carbocycles. The Morgan fingerprint density at radius 1 is 1.04 bits per heavy atom. The highest BCUT2D eigenvalue weighted by molar-refractivity contribution is 7.92. The summed E-state index contributed by atoms with van der Waals surface area (Å²) in [6.45, 7) is 1.58. The Hall–Kier alpha value is -2.57. The molecule has 0 heterocycles. The van der Waals surface area contributed by atoms with E-state index in [1.165, 1.54) is 23.5 Å². The van der Waals surface area contributed by atoms with Crippen molar-refractivity contribution in [3.63, 3.8) is 0 Å². The first-order chi connectivity index (χ1) is 13.3. The number of anilines is 1. The highest BCUT2D eigenvalue weighted by atomic mass is 35.5. The first-order valence-corrected chi connectivity index (χ1v) is 10.3. The predicted octanol–water partition coefficient (Wildman–Crippen LogP) is 5.19. The summed E-state index contributed by atoms with van der Waals surface area (Å²) in [5, 5.41) is 0.450. The van der Waals surface area contributed by atoms with Crippen LogP contribution in [-0.2, 0) is 16.6 Å². The number of sulfonamides is 1. The number of hydrogen-bond acceptors (Lipinski definition) is 3. The third kappa shape index (κ3) is 4.13. The van der Waals surface area contributed by atoms with E-state index in [9.17, 15) is 12.8 Å². The maximum atomic E-state index is 14.0. The van der Waals surface area contributed by atoms with Crippen molar-refractivity contribution < 1.29 is 17.5 Å². The number of halogens is 2. The molecular weight excluding hydrogens is 401 g/mol. The summed E-state index contributed by atoms with van der Waals surface area (Å²) < 4.78 is 47.1. The van der Waals surface area contributed by atoms with E-state index in [2.05, 4.69) is 0 Å². The van der Waals surface area contributed by atoms with Gasteiger partial charge >= 0.3 is 0 Å². The standard InChI is InChI=1S/C21H19ClFNO3S/c1-15-7-12-19(13-21(15)23)28(25,26)24(14-16-5-3-4-6-20(16)22)17-8-10-18(27-2)11-9-17/h3-13H,14H2,1-2H3. The first kappa shape index (κ1) is 20.2. The van der Waals surface area contributed by atoms with E-state index in [0.29, 0.717) is 27.6 Å². The Bertz CT molecular complexity index is 1090. The van der Waals surface area contributed by atoms with Crippen LogP contribution in [0.15, 0.2) is 71.6 Å². The van der Waals surface area contributed by atoms with Crippen molar-refractivity contribution in [3.8, 4) is 5.75 Å². The van der Waals surface area contributed by atoms with Gasteiger partial charge in [-0.2, -0.15) is 0 Å². The molecule has 3 aromatic carbocycles. The molecule has 0 bridgehead atoms. The third-order valence-electron chi connectivity index (χ3n) is 4.36. The average molecular weight is 420 g/mol. The van der Waals surface area contributed by atoms with Crippen molar-refractivity contribution in [2.24, 2.45) is 0 Å². The molecule has 3 aromatic rings. The molecule has 0 spiro atoms. The largest absolute Gasteiger partial charge is 0.497 e. The number of ether oxygens (including phenoxy) is 1. The van der Waals surface area contributed by atoms with Crippen LogP contribution < -0.4 is 9.04 Å². The maximum absolute atomic E-state index is 14.0. The van der Waals surface area contributed by atoms with E-state index in [4.69, 9.17) is 16.3 Å². The lowest BCUT2D eigenvalue weighted by Gasteiger charge is -2.25. The van der Waals surface area contributed by atoms with Gasteiger partial charge in [-0.1, -0.05) is 35.9 Å². The molecule has 0 aliphatic carbocycles. The van der Waals surface area contributed by atoms with E-state index in [0.717, 1.165) is 6.07 Å². The number of methoxy groups -OCH3 is 1. The fourth-order valence-electron chi connectivity index (χ4n) is 2.71. The highest BCUT2D eigenvalue weighted by Crippen LogP contribution is 2.30. The molecule has 0 fully saturated rings. The topological polar surface area (TPSA) is 46.6 Å². The maximum Gasteiger partial charge on any atom is 0.264 e. The van der Waals surface area contributed by atoms with Gasteiger partial charge in [-0.05, 0) is 60.5 Å². The van der Waals surface area contributed by atoms with Crippen LogP contribution in [0.1, 0.15) is 11.1 Å². The molecule has 7 heteroatoms. The quantitative estimate of drug-likeness (QED) is 0.552. The normalized spacial score (nSPS) is 11.3. The molecule has 0 N–H and O–H groups in total. The fourth-order valence-corrected chi connectivity index (χ4v) is 4.36. The lowest BCUT2D eigenvalue weighted by Crippen LogP contribution is -2.30. The molecule has 0 aliphatic rings. The second kappa shape index (κ2) is 8.20. The third-order valence-corrected chi connectivity index (χ3v) is 6.50. The fraction of sp³-hybridized carbons (Fsp3) is 0.143. The van der Waals surface area contributed by atoms with Gasteiger partial charge < -0.3 is 4.74 Å². The van der Waals surface area contributed by atoms with Crippen molar-refractivity contribution in [3.05, 3.63) is 88.7 Å². The minimum absolute atomic E-state index is 0.00380. The Labute approximate surface area is 169 Å². The Morgan fingerprint density at radius 3 is 2.32 bits per heavy atom. The summed E-state index contributed by atoms with van der Waals surface area (Å²) in [7, 11) is -2.50. The Kier molecular flexibility index (Phi) is 5.91. The van der Waals surface area contributed by atoms with Crippen molar-refractivity contribution in [2.45, 2.75) is 18.4 Å². The molecule has 0 aromatic heterocycles. The van der Waals surface area contributed by atoms with E-state index >= 15 is 0 Å². The van der Waals surface area contributed by atoms with E-state index in [1.54, 1.807) is 55.5 Å². The van der Waals surface area contributed by atoms with E-state index < -0.39 is 15.8 Å². The lowest BCUT2D eigenvalue weighted by molar-refractivity contribution is 0.415. The van der Waals surface area contributed by atoms with Gasteiger partial charge in [0, 0.05) is 5.02 Å². The van der Waals surface area contributed by atoms with Gasteiger partial charge in [0.05, 0.1) is 24.2 Å². The molecule has 146 valence electrons. The zero-order valence-electron chi connectivity index (χ0n) is 15.4. The monoisotopic (exact) mass is 419 g/mol. The summed E-state index contributed by atoms with van der Waals surface area (Å²) in [6.07, 6.45) is 0. The van der Waals surface area contributed by atoms with E-state index in [1.807, 2.05) is 0 Å². The molecule has 0 aliphatic heterocycles. The summed E-state index contributed by atoms with van der Waals surface area (Å²) in [5.74, 6) is 0.0220. The van der Waals surface area contributed by atoms with Crippen LogP contribution in [-0.4, -0.2) is 15.5 Å². The molecule has 0 atom stereocenters. The molecule has 0 unspecified atom stereocenters. The van der Waals surface area contributed by atoms with Crippen molar-refractivity contribution in [2.75, 3.05) is 11.4 Å². The van der Waals surface area contributed by atoms with Gasteiger partial charge in [0.1, 0.15) is 11.6 Å². The predicted molar refractivity (Wildman–Crippen MR) is 109 cm³/mol. The minimum atomic E-state index is -4.03. The Balaban J connectivity index is 2.10. The molecule has 0 saturated heterocycles. The summed E-state index contributed by atoms with van der Waals surface area (Å²) in [4.78, 5) is -0.126. The molecular formula is C21H19ClFNO3S. The minimum Gasteiger partial charge on any atom is -0.497 e. The highest BCUT2D eigenvalue weighted by Gasteiger charge is 2.26. The van der Waals surface area contributed by atoms with Crippen molar-refractivity contribution >= 4 is 27.3 Å². The van der Waals surface area contributed by atoms with Gasteiger partial charge in [-0.3, -0.25) is 4.31 Å². The summed E-state index contributed by atoms with van der Waals surface area (Å²) in [5.41, 5.74) is 1.43. The number of nitrogens with zero attached hydrogens (tertiary/aromatic N) is 1. The molecule has 0 radical (unpaired) electrons. The second-order valence-electron chi connectivity index (χ2n) is 6.21. The average Bonchev–Trinajstić information content (AvgIpc) is 2.69. The van der Waals surface area contributed by atoms with Crippen LogP contribution in [0, 0.1) is 12.7 Å². The van der Waals surface area contributed by atoms with Gasteiger partial charge in [-0.25, -0.2) is 12.8 Å². The van der Waals surface area contributed by atoms with Crippen molar-refractivity contribution in [1.29, 1.82) is 0 Å². The van der Waals surface area contributed by atoms with Crippen LogP contribution in [0.2, 0.25) is 5.02 Å². The summed E-state index contributed by atoms with van der Waals surface area (Å²) >= 11 is 6.24. The Morgan fingerprint density at radius 2 is 1.71 bits per heavy atom. The van der Waals surface area contributed by atoms with Crippen LogP contribution in [0.3, 0.4) is 0 Å². The molecule has 3 rings (SSSR count). The van der Waals surface area contributed by atoms with Crippen molar-refractivity contribution in [1.82, 2.24) is 0 Å². The van der Waals surface area contributed by atoms with Crippen LogP contribution in [0.5, 0.6) is 5.75 Å². The first-order valence-electron chi connectivity index (χ1n) is 8.49. The van der Waals surface area contributed by atoms with Gasteiger partial charge in [-0.15, -0.1) is 0 Å². The lowest BCUT2D eigenvalue weighted by atomic mass is 10.2. The molecule has 4 nitrogen and oxygen atoms in total. The van der Waals surface area contributed by atoms with Gasteiger partial charge in [0.25, 0.3) is 10.0 Å². The van der Waals surface area contributed by atoms with Gasteiger partial charge in [0.15, 0.2) is 0 Å². The van der Waals surface area contributed by atoms with Crippen LogP contribution in [0.4, 0.5) is 10.1 Å². The zero-order valence-corrected chi connectivity index (χ0v) is 17.0. The number of aryl methyl sites for hydroxylation is 1. The second-order valence-corrected chi connectivity index (χ2v) is 8.48.